The number of aryl methyl sites for hydroxylation is 1. The van der Waals surface area contributed by atoms with E-state index in [0.29, 0.717) is 29.7 Å². The summed E-state index contributed by atoms with van der Waals surface area (Å²) in [7, 11) is 1.36. The van der Waals surface area contributed by atoms with Crippen molar-refractivity contribution in [2.45, 2.75) is 63.9 Å². The maximum Gasteiger partial charge on any atom is 0.336 e. The van der Waals surface area contributed by atoms with Gasteiger partial charge in [0.25, 0.3) is 0 Å². The molecule has 2 aromatic rings. The van der Waals surface area contributed by atoms with Gasteiger partial charge in [0.15, 0.2) is 5.78 Å². The smallest absolute Gasteiger partial charge is 0.336 e. The summed E-state index contributed by atoms with van der Waals surface area (Å²) in [4.78, 5) is 26.5. The summed E-state index contributed by atoms with van der Waals surface area (Å²) in [6.45, 7) is 6.00. The normalized spacial score (nSPS) is 23.2. The molecule has 2 atom stereocenters. The lowest BCUT2D eigenvalue weighted by molar-refractivity contribution is -0.136. The summed E-state index contributed by atoms with van der Waals surface area (Å²) in [5, 5.41) is 3.34. The van der Waals surface area contributed by atoms with Crippen LogP contribution in [-0.4, -0.2) is 24.5 Å². The van der Waals surface area contributed by atoms with E-state index in [0.717, 1.165) is 41.0 Å². The summed E-state index contributed by atoms with van der Waals surface area (Å²) < 4.78 is 24.8. The predicted octanol–water partition coefficient (Wildman–Crippen LogP) is 5.46. The molecule has 5 rings (SSSR count). The van der Waals surface area contributed by atoms with Gasteiger partial charge in [-0.25, -0.2) is 9.18 Å². The molecule has 0 aromatic heterocycles. The number of ether oxygens (including phenoxy) is 2. The molecule has 0 spiro atoms. The molecule has 5 nitrogen and oxygen atoms in total. The van der Waals surface area contributed by atoms with Crippen molar-refractivity contribution >= 4 is 11.8 Å². The fourth-order valence-corrected chi connectivity index (χ4v) is 5.58. The zero-order valence-corrected chi connectivity index (χ0v) is 20.5. The minimum absolute atomic E-state index is 0.0120. The van der Waals surface area contributed by atoms with Crippen LogP contribution in [0, 0.1) is 5.82 Å². The van der Waals surface area contributed by atoms with E-state index >= 15 is 0 Å². The van der Waals surface area contributed by atoms with Crippen LogP contribution in [0.2, 0.25) is 0 Å². The summed E-state index contributed by atoms with van der Waals surface area (Å²) in [5.74, 6) is -0.479. The minimum atomic E-state index is -0.513. The molecule has 0 bridgehead atoms. The third kappa shape index (κ3) is 4.26. The first kappa shape index (κ1) is 23.3. The van der Waals surface area contributed by atoms with Crippen LogP contribution in [0.5, 0.6) is 5.75 Å². The number of carbonyl (C=O) groups excluding carboxylic acids is 2. The molecule has 0 radical (unpaired) electrons. The summed E-state index contributed by atoms with van der Waals surface area (Å²) in [5.41, 5.74) is 5.25. The zero-order valence-electron chi connectivity index (χ0n) is 20.5. The highest BCUT2D eigenvalue weighted by Gasteiger charge is 2.41. The molecule has 182 valence electrons. The van der Waals surface area contributed by atoms with Crippen molar-refractivity contribution in [3.05, 3.63) is 87.5 Å². The quantitative estimate of drug-likeness (QED) is 0.597. The Bertz CT molecular complexity index is 1270. The topological polar surface area (TPSA) is 64.6 Å². The van der Waals surface area contributed by atoms with Crippen molar-refractivity contribution in [2.24, 2.45) is 0 Å². The van der Waals surface area contributed by atoms with Gasteiger partial charge in [-0.15, -0.1) is 0 Å². The molecule has 0 saturated heterocycles. The standard InChI is InChI=1S/C29H30FNO4/c1-16-25(28(33)34-4)26(19-7-10-24-18(13-19)11-12-29(2,3)35-24)27-22(31-16)14-20(15-23(27)32)17-5-8-21(30)9-6-17/h5-10,13,20,26,31H,11-12,14-15H2,1-4H3. The number of Topliss-reactive ketones (excluding diaryl/α,β-unsaturated/α-hetero) is 1. The van der Waals surface area contributed by atoms with Crippen LogP contribution in [0.25, 0.3) is 0 Å². The number of carbonyl (C=O) groups is 2. The first-order valence-electron chi connectivity index (χ1n) is 12.1. The first-order valence-corrected chi connectivity index (χ1v) is 12.1. The Morgan fingerprint density at radius 1 is 1.11 bits per heavy atom. The number of halogens is 1. The molecule has 2 unspecified atom stereocenters. The number of allylic oxidation sites excluding steroid dienone is 3. The average Bonchev–Trinajstić information content (AvgIpc) is 2.82. The molecular formula is C29H30FNO4. The number of hydrogen-bond acceptors (Lipinski definition) is 5. The first-order chi connectivity index (χ1) is 16.7. The van der Waals surface area contributed by atoms with Crippen LogP contribution in [0.15, 0.2) is 65.0 Å². The number of fused-ring (bicyclic) bond motifs is 1. The van der Waals surface area contributed by atoms with E-state index in [-0.39, 0.29) is 23.1 Å². The van der Waals surface area contributed by atoms with Gasteiger partial charge in [0.05, 0.1) is 12.7 Å². The molecule has 6 heteroatoms. The Morgan fingerprint density at radius 3 is 2.54 bits per heavy atom. The second-order valence-electron chi connectivity index (χ2n) is 10.3. The van der Waals surface area contributed by atoms with Crippen LogP contribution < -0.4 is 10.1 Å². The van der Waals surface area contributed by atoms with E-state index in [1.54, 1.807) is 12.1 Å². The van der Waals surface area contributed by atoms with Crippen LogP contribution in [0.4, 0.5) is 4.39 Å². The SMILES string of the molecule is COC(=O)C1=C(C)NC2=C(C(=O)CC(c3ccc(F)cc3)C2)C1c1ccc2c(c1)CCC(C)(C)O2. The van der Waals surface area contributed by atoms with Crippen LogP contribution in [-0.2, 0) is 20.7 Å². The molecule has 0 amide bonds. The van der Waals surface area contributed by atoms with E-state index in [2.05, 4.69) is 25.2 Å². The summed E-state index contributed by atoms with van der Waals surface area (Å²) in [6, 6.07) is 12.3. The van der Waals surface area contributed by atoms with Gasteiger partial charge in [-0.2, -0.15) is 0 Å². The molecule has 2 aromatic carbocycles. The number of nitrogens with one attached hydrogen (secondary N) is 1. The van der Waals surface area contributed by atoms with Gasteiger partial charge in [0.2, 0.25) is 0 Å². The Hall–Kier alpha value is -3.41. The van der Waals surface area contributed by atoms with E-state index in [9.17, 15) is 14.0 Å². The Labute approximate surface area is 205 Å². The second kappa shape index (κ2) is 8.67. The Kier molecular flexibility index (Phi) is 5.78. The van der Waals surface area contributed by atoms with E-state index in [1.165, 1.54) is 19.2 Å². The fraction of sp³-hybridized carbons (Fsp3) is 0.379. The molecular weight excluding hydrogens is 445 g/mol. The number of hydrogen-bond donors (Lipinski definition) is 1. The maximum atomic E-state index is 13.6. The van der Waals surface area contributed by atoms with Gasteiger partial charge in [-0.3, -0.25) is 4.79 Å². The van der Waals surface area contributed by atoms with Crippen molar-refractivity contribution < 1.29 is 23.5 Å². The van der Waals surface area contributed by atoms with Gasteiger partial charge in [-0.1, -0.05) is 24.3 Å². The Morgan fingerprint density at radius 2 is 1.83 bits per heavy atom. The molecule has 35 heavy (non-hydrogen) atoms. The maximum absolute atomic E-state index is 13.6. The van der Waals surface area contributed by atoms with Crippen LogP contribution in [0.3, 0.4) is 0 Å². The number of esters is 1. The number of dihydropyridines is 1. The number of rotatable bonds is 3. The largest absolute Gasteiger partial charge is 0.488 e. The lowest BCUT2D eigenvalue weighted by atomic mass is 9.71. The minimum Gasteiger partial charge on any atom is -0.488 e. The highest BCUT2D eigenvalue weighted by molar-refractivity contribution is 6.04. The van der Waals surface area contributed by atoms with Gasteiger partial charge in [0.1, 0.15) is 17.2 Å². The number of methoxy groups -OCH3 is 1. The van der Waals surface area contributed by atoms with Crippen LogP contribution in [0.1, 0.15) is 68.6 Å². The fourth-order valence-electron chi connectivity index (χ4n) is 5.58. The molecule has 2 aliphatic heterocycles. The third-order valence-electron chi connectivity index (χ3n) is 7.37. The second-order valence-corrected chi connectivity index (χ2v) is 10.3. The monoisotopic (exact) mass is 475 g/mol. The van der Waals surface area contributed by atoms with Gasteiger partial charge < -0.3 is 14.8 Å². The molecule has 1 N–H and O–H groups in total. The van der Waals surface area contributed by atoms with Crippen molar-refractivity contribution in [1.82, 2.24) is 5.32 Å². The Balaban J connectivity index is 1.58. The lowest BCUT2D eigenvalue weighted by Gasteiger charge is -2.37. The van der Waals surface area contributed by atoms with E-state index in [4.69, 9.17) is 9.47 Å². The molecule has 2 heterocycles. The molecule has 0 fully saturated rings. The summed E-state index contributed by atoms with van der Waals surface area (Å²) in [6.07, 6.45) is 2.67. The van der Waals surface area contributed by atoms with Gasteiger partial charge in [0, 0.05) is 29.3 Å². The molecule has 1 aliphatic carbocycles. The molecule has 0 saturated carbocycles. The van der Waals surface area contributed by atoms with Crippen molar-refractivity contribution in [3.63, 3.8) is 0 Å². The highest BCUT2D eigenvalue weighted by atomic mass is 19.1. The third-order valence-corrected chi connectivity index (χ3v) is 7.37. The average molecular weight is 476 g/mol. The van der Waals surface area contributed by atoms with Crippen LogP contribution >= 0.6 is 0 Å². The van der Waals surface area contributed by atoms with Gasteiger partial charge in [-0.05, 0) is 80.8 Å². The lowest BCUT2D eigenvalue weighted by Crippen LogP contribution is -2.36. The van der Waals surface area contributed by atoms with E-state index in [1.807, 2.05) is 19.1 Å². The van der Waals surface area contributed by atoms with Gasteiger partial charge >= 0.3 is 5.97 Å². The summed E-state index contributed by atoms with van der Waals surface area (Å²) >= 11 is 0. The number of ketones is 1. The molecule has 3 aliphatic rings. The van der Waals surface area contributed by atoms with Crippen molar-refractivity contribution in [1.29, 1.82) is 0 Å². The van der Waals surface area contributed by atoms with E-state index < -0.39 is 11.9 Å². The number of benzene rings is 2. The predicted molar refractivity (Wildman–Crippen MR) is 130 cm³/mol. The highest BCUT2D eigenvalue weighted by Crippen LogP contribution is 2.47. The van der Waals surface area contributed by atoms with Crippen molar-refractivity contribution in [2.75, 3.05) is 7.11 Å². The van der Waals surface area contributed by atoms with Crippen molar-refractivity contribution in [3.8, 4) is 5.75 Å². The zero-order chi connectivity index (χ0) is 24.9.